The van der Waals surface area contributed by atoms with Gasteiger partial charge in [0.05, 0.1) is 6.54 Å². The zero-order valence-corrected chi connectivity index (χ0v) is 13.1. The lowest BCUT2D eigenvalue weighted by atomic mass is 10.4. The Hall–Kier alpha value is -1.47. The molecule has 0 bridgehead atoms. The highest BCUT2D eigenvalue weighted by Crippen LogP contribution is 2.19. The van der Waals surface area contributed by atoms with Crippen LogP contribution in [0.4, 0.5) is 13.2 Å². The van der Waals surface area contributed by atoms with Crippen LogP contribution in [0.25, 0.3) is 0 Å². The molecule has 3 nitrogen and oxygen atoms in total. The van der Waals surface area contributed by atoms with E-state index in [-0.39, 0.29) is 0 Å². The minimum atomic E-state index is -4.23. The van der Waals surface area contributed by atoms with Crippen LogP contribution in [0.1, 0.15) is 5.82 Å². The molecule has 0 aliphatic carbocycles. The monoisotopic (exact) mass is 329 g/mol. The molecule has 1 aromatic heterocycles. The molecule has 0 fully saturated rings. The summed E-state index contributed by atoms with van der Waals surface area (Å²) in [5, 5.41) is 0. The highest BCUT2D eigenvalue weighted by Gasteiger charge is 2.28. The first-order chi connectivity index (χ1) is 10.4. The zero-order chi connectivity index (χ0) is 16.0. The average Bonchev–Trinajstić information content (AvgIpc) is 2.85. The number of halogens is 3. The minimum Gasteiger partial charge on any atom is -0.325 e. The highest BCUT2D eigenvalue weighted by molar-refractivity contribution is 7.99. The van der Waals surface area contributed by atoms with Gasteiger partial charge in [0.1, 0.15) is 12.4 Å². The SMILES string of the molecule is CN(CCSc1ccccc1)Cc1nccn1CC(F)(F)F. The van der Waals surface area contributed by atoms with E-state index in [1.807, 2.05) is 42.3 Å². The number of hydrogen-bond donors (Lipinski definition) is 0. The number of hydrogen-bond acceptors (Lipinski definition) is 3. The van der Waals surface area contributed by atoms with Crippen molar-refractivity contribution in [2.24, 2.45) is 0 Å². The van der Waals surface area contributed by atoms with Crippen molar-refractivity contribution in [3.05, 3.63) is 48.5 Å². The lowest BCUT2D eigenvalue weighted by molar-refractivity contribution is -0.141. The molecule has 0 radical (unpaired) electrons. The van der Waals surface area contributed by atoms with Crippen molar-refractivity contribution in [3.63, 3.8) is 0 Å². The Morgan fingerprint density at radius 3 is 2.64 bits per heavy atom. The van der Waals surface area contributed by atoms with Gasteiger partial charge < -0.3 is 4.57 Å². The summed E-state index contributed by atoms with van der Waals surface area (Å²) in [6.07, 6.45) is -1.44. The average molecular weight is 329 g/mol. The number of imidazole rings is 1. The van der Waals surface area contributed by atoms with Crippen LogP contribution >= 0.6 is 11.8 Å². The number of benzene rings is 1. The smallest absolute Gasteiger partial charge is 0.325 e. The Balaban J connectivity index is 1.80. The third-order valence-corrected chi connectivity index (χ3v) is 4.04. The molecule has 1 aromatic carbocycles. The predicted octanol–water partition coefficient (Wildman–Crippen LogP) is 3.67. The van der Waals surface area contributed by atoms with Crippen molar-refractivity contribution in [1.82, 2.24) is 14.5 Å². The topological polar surface area (TPSA) is 21.1 Å². The highest BCUT2D eigenvalue weighted by atomic mass is 32.2. The van der Waals surface area contributed by atoms with Crippen LogP contribution in [0.5, 0.6) is 0 Å². The van der Waals surface area contributed by atoms with E-state index in [4.69, 9.17) is 0 Å². The van der Waals surface area contributed by atoms with Crippen LogP contribution in [-0.4, -0.2) is 40.0 Å². The molecule has 0 aliphatic rings. The Labute approximate surface area is 132 Å². The van der Waals surface area contributed by atoms with Crippen molar-refractivity contribution in [2.75, 3.05) is 19.3 Å². The van der Waals surface area contributed by atoms with Gasteiger partial charge >= 0.3 is 6.18 Å². The molecule has 0 aliphatic heterocycles. The largest absolute Gasteiger partial charge is 0.406 e. The summed E-state index contributed by atoms with van der Waals surface area (Å²) in [7, 11) is 1.89. The predicted molar refractivity (Wildman–Crippen MR) is 81.8 cm³/mol. The second-order valence-electron chi connectivity index (χ2n) is 4.99. The first-order valence-corrected chi connectivity index (χ1v) is 7.86. The Morgan fingerprint density at radius 2 is 1.95 bits per heavy atom. The minimum absolute atomic E-state index is 0.401. The van der Waals surface area contributed by atoms with Crippen molar-refractivity contribution < 1.29 is 13.2 Å². The number of thioether (sulfide) groups is 1. The van der Waals surface area contributed by atoms with Gasteiger partial charge in [0.15, 0.2) is 0 Å². The van der Waals surface area contributed by atoms with Crippen molar-refractivity contribution in [2.45, 2.75) is 24.2 Å². The van der Waals surface area contributed by atoms with Crippen LogP contribution < -0.4 is 0 Å². The van der Waals surface area contributed by atoms with E-state index < -0.39 is 12.7 Å². The fourth-order valence-electron chi connectivity index (χ4n) is 1.99. The van der Waals surface area contributed by atoms with E-state index in [0.717, 1.165) is 16.9 Å². The van der Waals surface area contributed by atoms with Crippen molar-refractivity contribution >= 4 is 11.8 Å². The van der Waals surface area contributed by atoms with Crippen molar-refractivity contribution in [1.29, 1.82) is 0 Å². The summed E-state index contributed by atoms with van der Waals surface area (Å²) < 4.78 is 38.5. The lowest BCUT2D eigenvalue weighted by Gasteiger charge is -2.17. The van der Waals surface area contributed by atoms with Crippen LogP contribution in [0.3, 0.4) is 0 Å². The van der Waals surface area contributed by atoms with Gasteiger partial charge in [-0.2, -0.15) is 13.2 Å². The fourth-order valence-corrected chi connectivity index (χ4v) is 2.97. The van der Waals surface area contributed by atoms with Gasteiger partial charge in [-0.1, -0.05) is 18.2 Å². The molecular formula is C15H18F3N3S. The van der Waals surface area contributed by atoms with E-state index in [9.17, 15) is 13.2 Å². The molecule has 0 N–H and O–H groups in total. The van der Waals surface area contributed by atoms with E-state index in [1.54, 1.807) is 11.8 Å². The molecule has 0 unspecified atom stereocenters. The Kier molecular flexibility index (Phi) is 5.90. The van der Waals surface area contributed by atoms with Crippen molar-refractivity contribution in [3.8, 4) is 0 Å². The quantitative estimate of drug-likeness (QED) is 0.723. The molecule has 0 atom stereocenters. The molecule has 0 saturated carbocycles. The zero-order valence-electron chi connectivity index (χ0n) is 12.3. The van der Waals surface area contributed by atoms with Gasteiger partial charge in [0.25, 0.3) is 0 Å². The molecular weight excluding hydrogens is 311 g/mol. The maximum atomic E-state index is 12.5. The molecule has 22 heavy (non-hydrogen) atoms. The van der Waals surface area contributed by atoms with E-state index >= 15 is 0 Å². The summed E-state index contributed by atoms with van der Waals surface area (Å²) >= 11 is 1.73. The Bertz CT molecular complexity index is 569. The molecule has 0 saturated heterocycles. The molecule has 2 aromatic rings. The summed E-state index contributed by atoms with van der Waals surface area (Å²) in [6.45, 7) is 0.186. The summed E-state index contributed by atoms with van der Waals surface area (Å²) in [4.78, 5) is 7.19. The second-order valence-corrected chi connectivity index (χ2v) is 6.15. The van der Waals surface area contributed by atoms with Gasteiger partial charge in [-0.15, -0.1) is 11.8 Å². The molecule has 0 spiro atoms. The standard InChI is InChI=1S/C15H18F3N3S/c1-20(9-10-22-13-5-3-2-4-6-13)11-14-19-7-8-21(14)12-15(16,17)18/h2-8H,9-12H2,1H3. The van der Waals surface area contributed by atoms with Crippen LogP contribution in [0.2, 0.25) is 0 Å². The van der Waals surface area contributed by atoms with Crippen LogP contribution in [0, 0.1) is 0 Å². The third kappa shape index (κ3) is 5.73. The van der Waals surface area contributed by atoms with Gasteiger partial charge in [-0.25, -0.2) is 4.98 Å². The fraction of sp³-hybridized carbons (Fsp3) is 0.400. The molecule has 1 heterocycles. The third-order valence-electron chi connectivity index (χ3n) is 3.05. The maximum Gasteiger partial charge on any atom is 0.406 e. The van der Waals surface area contributed by atoms with Gasteiger partial charge in [0.2, 0.25) is 0 Å². The van der Waals surface area contributed by atoms with E-state index in [0.29, 0.717) is 12.4 Å². The Morgan fingerprint density at radius 1 is 1.23 bits per heavy atom. The van der Waals surface area contributed by atoms with E-state index in [1.165, 1.54) is 17.3 Å². The van der Waals surface area contributed by atoms with Gasteiger partial charge in [0, 0.05) is 29.6 Å². The van der Waals surface area contributed by atoms with Crippen LogP contribution in [0.15, 0.2) is 47.6 Å². The maximum absolute atomic E-state index is 12.5. The first kappa shape index (κ1) is 16.9. The number of nitrogens with zero attached hydrogens (tertiary/aromatic N) is 3. The first-order valence-electron chi connectivity index (χ1n) is 6.87. The molecule has 7 heteroatoms. The normalized spacial score (nSPS) is 12.0. The van der Waals surface area contributed by atoms with Gasteiger partial charge in [-0.3, -0.25) is 4.90 Å². The number of alkyl halides is 3. The van der Waals surface area contributed by atoms with Crippen LogP contribution in [-0.2, 0) is 13.1 Å². The summed E-state index contributed by atoms with van der Waals surface area (Å²) in [5.41, 5.74) is 0. The molecule has 2 rings (SSSR count). The lowest BCUT2D eigenvalue weighted by Crippen LogP contribution is -2.25. The summed E-state index contributed by atoms with van der Waals surface area (Å²) in [5.74, 6) is 1.31. The molecule has 120 valence electrons. The number of rotatable bonds is 7. The second kappa shape index (κ2) is 7.69. The van der Waals surface area contributed by atoms with Gasteiger partial charge in [-0.05, 0) is 19.2 Å². The molecule has 0 amide bonds. The number of aromatic nitrogens is 2. The summed E-state index contributed by atoms with van der Waals surface area (Å²) in [6, 6.07) is 10.0. The van der Waals surface area contributed by atoms with E-state index in [2.05, 4.69) is 4.98 Å².